The summed E-state index contributed by atoms with van der Waals surface area (Å²) >= 11 is 0. The van der Waals surface area contributed by atoms with Crippen molar-refractivity contribution in [3.8, 4) is 0 Å². The first-order valence-electron chi connectivity index (χ1n) is 7.89. The van der Waals surface area contributed by atoms with E-state index < -0.39 is 0 Å². The first-order valence-corrected chi connectivity index (χ1v) is 7.89. The van der Waals surface area contributed by atoms with Gasteiger partial charge < -0.3 is 9.42 Å². The van der Waals surface area contributed by atoms with Crippen LogP contribution in [-0.4, -0.2) is 41.8 Å². The Morgan fingerprint density at radius 1 is 1.20 bits per heavy atom. The molecule has 0 unspecified atom stereocenters. The molecule has 0 aliphatic carbocycles. The number of nitrogens with zero attached hydrogens (tertiary/aromatic N) is 6. The fourth-order valence-electron chi connectivity index (χ4n) is 2.95. The summed E-state index contributed by atoms with van der Waals surface area (Å²) in [6.07, 6.45) is 1.19. The van der Waals surface area contributed by atoms with Crippen molar-refractivity contribution in [1.82, 2.24) is 29.4 Å². The van der Waals surface area contributed by atoms with Crippen molar-refractivity contribution in [3.05, 3.63) is 63.9 Å². The van der Waals surface area contributed by atoms with Gasteiger partial charge in [-0.2, -0.15) is 4.98 Å². The normalized spacial score (nSPS) is 14.0. The molecule has 0 saturated heterocycles. The second kappa shape index (κ2) is 6.00. The Balaban J connectivity index is 1.59. The van der Waals surface area contributed by atoms with Gasteiger partial charge in [0.2, 0.25) is 12.2 Å². The molecular weight excluding hydrogens is 324 g/mol. The van der Waals surface area contributed by atoms with Crippen molar-refractivity contribution in [3.63, 3.8) is 0 Å². The number of aryl methyl sites for hydroxylation is 1. The highest BCUT2D eigenvalue weighted by atomic mass is 16.5. The van der Waals surface area contributed by atoms with Gasteiger partial charge in [-0.3, -0.25) is 9.36 Å². The quantitative estimate of drug-likeness (QED) is 0.683. The van der Waals surface area contributed by atoms with Crippen LogP contribution in [0.1, 0.15) is 27.6 Å². The summed E-state index contributed by atoms with van der Waals surface area (Å²) in [5.41, 5.74) is 1.85. The molecule has 25 heavy (non-hydrogen) atoms. The Kier molecular flexibility index (Phi) is 3.68. The average molecular weight is 340 g/mol. The average Bonchev–Trinajstić information content (AvgIpc) is 3.20. The molecular formula is C16H16N6O3. The number of carbonyl (C=O) groups is 1. The number of benzene rings is 1. The van der Waals surface area contributed by atoms with Gasteiger partial charge in [0.1, 0.15) is 6.54 Å². The summed E-state index contributed by atoms with van der Waals surface area (Å²) in [5, 5.41) is 7.84. The summed E-state index contributed by atoms with van der Waals surface area (Å²) in [6.45, 7) is 3.46. The van der Waals surface area contributed by atoms with E-state index in [2.05, 4.69) is 19.8 Å². The Labute approximate surface area is 142 Å². The van der Waals surface area contributed by atoms with Crippen LogP contribution in [0.15, 0.2) is 40.0 Å². The maximum absolute atomic E-state index is 12.7. The predicted molar refractivity (Wildman–Crippen MR) is 85.8 cm³/mol. The van der Waals surface area contributed by atoms with Crippen LogP contribution in [-0.2, 0) is 19.6 Å². The Morgan fingerprint density at radius 2 is 2.08 bits per heavy atom. The molecule has 2 aromatic heterocycles. The van der Waals surface area contributed by atoms with E-state index in [4.69, 9.17) is 0 Å². The van der Waals surface area contributed by atoms with Crippen LogP contribution in [0.4, 0.5) is 0 Å². The molecule has 0 bridgehead atoms. The largest absolute Gasteiger partial charge is 0.346 e. The summed E-state index contributed by atoms with van der Waals surface area (Å²) in [4.78, 5) is 30.7. The van der Waals surface area contributed by atoms with Crippen molar-refractivity contribution >= 4 is 5.91 Å². The summed E-state index contributed by atoms with van der Waals surface area (Å²) < 4.78 is 7.24. The maximum atomic E-state index is 12.7. The van der Waals surface area contributed by atoms with Gasteiger partial charge in [-0.1, -0.05) is 35.0 Å². The number of amides is 1. The van der Waals surface area contributed by atoms with Crippen LogP contribution in [0, 0.1) is 6.92 Å². The van der Waals surface area contributed by atoms with Gasteiger partial charge in [0.05, 0.1) is 0 Å². The van der Waals surface area contributed by atoms with Crippen molar-refractivity contribution < 1.29 is 9.32 Å². The number of carbonyl (C=O) groups excluding carboxylic acids is 1. The number of aromatic nitrogens is 5. The molecule has 0 atom stereocenters. The van der Waals surface area contributed by atoms with Crippen LogP contribution in [0.2, 0.25) is 0 Å². The van der Waals surface area contributed by atoms with Gasteiger partial charge in [-0.15, -0.1) is 5.10 Å². The lowest BCUT2D eigenvalue weighted by Gasteiger charge is -2.26. The Bertz CT molecular complexity index is 972. The Hall–Kier alpha value is -3.23. The molecule has 128 valence electrons. The second-order valence-electron chi connectivity index (χ2n) is 5.98. The van der Waals surface area contributed by atoms with Crippen LogP contribution >= 0.6 is 0 Å². The lowest BCUT2D eigenvalue weighted by molar-refractivity contribution is 0.0681. The van der Waals surface area contributed by atoms with Gasteiger partial charge in [0.25, 0.3) is 5.91 Å². The zero-order valence-corrected chi connectivity index (χ0v) is 13.6. The molecule has 0 radical (unpaired) electrons. The smallest absolute Gasteiger partial charge is 0.343 e. The van der Waals surface area contributed by atoms with Gasteiger partial charge in [0, 0.05) is 19.6 Å². The van der Waals surface area contributed by atoms with Crippen molar-refractivity contribution in [1.29, 1.82) is 0 Å². The minimum absolute atomic E-state index is 0.0699. The number of hydrogen-bond donors (Lipinski definition) is 0. The highest BCUT2D eigenvalue weighted by molar-refractivity contribution is 5.91. The predicted octanol–water partition coefficient (Wildman–Crippen LogP) is 0.441. The SMILES string of the molecule is Cc1cccc(CN2CCn3c(nn(Cc4ncon4)c3=O)C2=O)c1. The lowest BCUT2D eigenvalue weighted by Crippen LogP contribution is -2.42. The summed E-state index contributed by atoms with van der Waals surface area (Å²) in [7, 11) is 0. The third-order valence-corrected chi connectivity index (χ3v) is 4.15. The fourth-order valence-corrected chi connectivity index (χ4v) is 2.95. The molecule has 0 saturated carbocycles. The molecule has 1 amide bonds. The minimum atomic E-state index is -0.344. The summed E-state index contributed by atoms with van der Waals surface area (Å²) in [6, 6.07) is 8.01. The third kappa shape index (κ3) is 2.84. The van der Waals surface area contributed by atoms with Crippen molar-refractivity contribution in [2.45, 2.75) is 26.6 Å². The first kappa shape index (κ1) is 15.3. The van der Waals surface area contributed by atoms with Gasteiger partial charge in [-0.25, -0.2) is 9.48 Å². The number of hydrogen-bond acceptors (Lipinski definition) is 6. The zero-order valence-electron chi connectivity index (χ0n) is 13.6. The van der Waals surface area contributed by atoms with Crippen molar-refractivity contribution in [2.75, 3.05) is 6.54 Å². The molecule has 1 aliphatic heterocycles. The first-order chi connectivity index (χ1) is 12.1. The van der Waals surface area contributed by atoms with E-state index in [0.717, 1.165) is 11.1 Å². The molecule has 0 spiro atoms. The molecule has 4 rings (SSSR count). The second-order valence-corrected chi connectivity index (χ2v) is 5.98. The molecule has 3 aromatic rings. The van der Waals surface area contributed by atoms with Crippen molar-refractivity contribution in [2.24, 2.45) is 0 Å². The molecule has 9 heteroatoms. The Morgan fingerprint density at radius 3 is 2.84 bits per heavy atom. The van der Waals surface area contributed by atoms with Gasteiger partial charge >= 0.3 is 5.69 Å². The molecule has 1 aromatic carbocycles. The van der Waals surface area contributed by atoms with Crippen LogP contribution in [0.3, 0.4) is 0 Å². The topological polar surface area (TPSA) is 99.0 Å². The van der Waals surface area contributed by atoms with E-state index in [1.165, 1.54) is 15.6 Å². The molecule has 3 heterocycles. The molecule has 0 N–H and O–H groups in total. The minimum Gasteiger partial charge on any atom is -0.343 e. The fraction of sp³-hybridized carbons (Fsp3) is 0.312. The van der Waals surface area contributed by atoms with E-state index in [1.54, 1.807) is 4.90 Å². The summed E-state index contributed by atoms with van der Waals surface area (Å²) in [5.74, 6) is 0.228. The molecule has 1 aliphatic rings. The van der Waals surface area contributed by atoms with E-state index in [0.29, 0.717) is 25.5 Å². The highest BCUT2D eigenvalue weighted by Crippen LogP contribution is 2.14. The van der Waals surface area contributed by atoms with Gasteiger partial charge in [-0.05, 0) is 12.5 Å². The highest BCUT2D eigenvalue weighted by Gasteiger charge is 2.29. The van der Waals surface area contributed by atoms with Crippen LogP contribution in [0.5, 0.6) is 0 Å². The number of fused-ring (bicyclic) bond motifs is 1. The molecule has 0 fully saturated rings. The molecule has 9 nitrogen and oxygen atoms in total. The maximum Gasteiger partial charge on any atom is 0.346 e. The monoisotopic (exact) mass is 340 g/mol. The van der Waals surface area contributed by atoms with E-state index in [-0.39, 0.29) is 24.0 Å². The van der Waals surface area contributed by atoms with Crippen LogP contribution < -0.4 is 5.69 Å². The van der Waals surface area contributed by atoms with E-state index in [9.17, 15) is 9.59 Å². The number of rotatable bonds is 4. The van der Waals surface area contributed by atoms with Crippen LogP contribution in [0.25, 0.3) is 0 Å². The zero-order chi connectivity index (χ0) is 17.4. The van der Waals surface area contributed by atoms with E-state index >= 15 is 0 Å². The van der Waals surface area contributed by atoms with E-state index in [1.807, 2.05) is 31.2 Å². The third-order valence-electron chi connectivity index (χ3n) is 4.15. The standard InChI is InChI=1S/C16H16N6O3/c1-11-3-2-4-12(7-11)8-20-5-6-21-14(15(20)23)18-22(16(21)24)9-13-17-10-25-19-13/h2-4,7,10H,5-6,8-9H2,1H3. The van der Waals surface area contributed by atoms with Gasteiger partial charge in [0.15, 0.2) is 5.82 Å². The lowest BCUT2D eigenvalue weighted by atomic mass is 10.1.